The van der Waals surface area contributed by atoms with Gasteiger partial charge in [0.1, 0.15) is 11.6 Å². The van der Waals surface area contributed by atoms with Crippen LogP contribution in [0.3, 0.4) is 0 Å². The largest absolute Gasteiger partial charge is 0.497 e. The van der Waals surface area contributed by atoms with Crippen molar-refractivity contribution in [2.45, 2.75) is 6.42 Å². The highest BCUT2D eigenvalue weighted by Crippen LogP contribution is 2.16. The van der Waals surface area contributed by atoms with E-state index in [0.29, 0.717) is 0 Å². The molecule has 96 valence electrons. The van der Waals surface area contributed by atoms with Crippen LogP contribution in [-0.2, 0) is 6.42 Å². The summed E-state index contributed by atoms with van der Waals surface area (Å²) < 4.78 is 8.16. The van der Waals surface area contributed by atoms with Crippen molar-refractivity contribution in [1.82, 2.24) is 14.6 Å². The summed E-state index contributed by atoms with van der Waals surface area (Å²) in [6.45, 7) is 0. The van der Waals surface area contributed by atoms with Gasteiger partial charge in [-0.05, 0) is 45.8 Å². The van der Waals surface area contributed by atoms with Gasteiger partial charge in [-0.25, -0.2) is 0 Å². The van der Waals surface area contributed by atoms with Crippen molar-refractivity contribution in [3.63, 3.8) is 0 Å². The first-order valence-corrected chi connectivity index (χ1v) is 6.67. The van der Waals surface area contributed by atoms with Gasteiger partial charge in [-0.15, -0.1) is 10.2 Å². The Hall–Kier alpha value is -1.88. The molecule has 2 aromatic heterocycles. The van der Waals surface area contributed by atoms with Gasteiger partial charge in [-0.1, -0.05) is 12.1 Å². The van der Waals surface area contributed by atoms with Gasteiger partial charge in [0.25, 0.3) is 0 Å². The lowest BCUT2D eigenvalue weighted by atomic mass is 10.1. The van der Waals surface area contributed by atoms with E-state index in [-0.39, 0.29) is 0 Å². The molecular weight excluding hydrogens is 306 g/mol. The van der Waals surface area contributed by atoms with Crippen LogP contribution in [0.4, 0.5) is 0 Å². The molecule has 0 saturated heterocycles. The average Bonchev–Trinajstić information content (AvgIpc) is 2.82. The maximum atomic E-state index is 5.15. The molecule has 0 radical (unpaired) electrons. The Morgan fingerprint density at radius 3 is 2.63 bits per heavy atom. The molecule has 0 unspecified atom stereocenters. The fourth-order valence-corrected chi connectivity index (χ4v) is 2.30. The first kappa shape index (κ1) is 12.2. The van der Waals surface area contributed by atoms with Gasteiger partial charge in [0.05, 0.1) is 7.11 Å². The van der Waals surface area contributed by atoms with E-state index >= 15 is 0 Å². The number of rotatable bonds is 3. The van der Waals surface area contributed by atoms with E-state index in [9.17, 15) is 0 Å². The Bertz CT molecular complexity index is 706. The van der Waals surface area contributed by atoms with Crippen molar-refractivity contribution in [1.29, 1.82) is 0 Å². The zero-order chi connectivity index (χ0) is 13.2. The maximum absolute atomic E-state index is 5.15. The summed E-state index contributed by atoms with van der Waals surface area (Å²) in [6.07, 6.45) is 2.72. The zero-order valence-corrected chi connectivity index (χ0v) is 12.0. The minimum absolute atomic E-state index is 0.738. The normalized spacial score (nSPS) is 10.8. The Balaban J connectivity index is 1.93. The third kappa shape index (κ3) is 2.46. The Labute approximate surface area is 119 Å². The van der Waals surface area contributed by atoms with Crippen LogP contribution in [0.25, 0.3) is 5.65 Å². The highest BCUT2D eigenvalue weighted by atomic mass is 79.9. The highest BCUT2D eigenvalue weighted by Gasteiger charge is 2.06. The highest BCUT2D eigenvalue weighted by molar-refractivity contribution is 9.10. The summed E-state index contributed by atoms with van der Waals surface area (Å²) in [5, 5.41) is 8.39. The van der Waals surface area contributed by atoms with Crippen LogP contribution in [0.1, 0.15) is 11.4 Å². The predicted octanol–water partition coefficient (Wildman–Crippen LogP) is 3.09. The van der Waals surface area contributed by atoms with Gasteiger partial charge in [0.2, 0.25) is 0 Å². The van der Waals surface area contributed by atoms with Crippen molar-refractivity contribution in [2.24, 2.45) is 0 Å². The minimum atomic E-state index is 0.738. The Morgan fingerprint density at radius 1 is 1.11 bits per heavy atom. The van der Waals surface area contributed by atoms with Crippen LogP contribution in [0.15, 0.2) is 47.1 Å². The van der Waals surface area contributed by atoms with E-state index in [0.717, 1.165) is 28.1 Å². The number of hydrogen-bond donors (Lipinski definition) is 0. The molecule has 0 aliphatic carbocycles. The van der Waals surface area contributed by atoms with Crippen LogP contribution in [0.5, 0.6) is 5.75 Å². The molecule has 0 aliphatic heterocycles. The van der Waals surface area contributed by atoms with Crippen molar-refractivity contribution in [3.8, 4) is 5.75 Å². The van der Waals surface area contributed by atoms with Gasteiger partial charge in [-0.2, -0.15) is 0 Å². The summed E-state index contributed by atoms with van der Waals surface area (Å²) in [4.78, 5) is 0. The van der Waals surface area contributed by atoms with Crippen LogP contribution < -0.4 is 4.74 Å². The molecule has 0 spiro atoms. The standard InChI is InChI=1S/C14H12BrN3O/c1-19-12-5-2-10(3-6-12)8-14-17-16-13-7-4-11(15)9-18(13)14/h2-7,9H,8H2,1H3. The fourth-order valence-electron chi connectivity index (χ4n) is 1.96. The van der Waals surface area contributed by atoms with Gasteiger partial charge in [0.15, 0.2) is 5.65 Å². The number of pyridine rings is 1. The third-order valence-electron chi connectivity index (χ3n) is 2.96. The van der Waals surface area contributed by atoms with E-state index in [4.69, 9.17) is 4.74 Å². The number of hydrogen-bond acceptors (Lipinski definition) is 3. The quantitative estimate of drug-likeness (QED) is 0.745. The van der Waals surface area contributed by atoms with Gasteiger partial charge in [-0.3, -0.25) is 4.40 Å². The number of aromatic nitrogens is 3. The lowest BCUT2D eigenvalue weighted by Gasteiger charge is -2.03. The molecule has 0 fully saturated rings. The summed E-state index contributed by atoms with van der Waals surface area (Å²) in [6, 6.07) is 11.9. The zero-order valence-electron chi connectivity index (χ0n) is 10.4. The number of fused-ring (bicyclic) bond motifs is 1. The average molecular weight is 318 g/mol. The van der Waals surface area contributed by atoms with Crippen LogP contribution in [-0.4, -0.2) is 21.7 Å². The molecule has 0 N–H and O–H groups in total. The monoisotopic (exact) mass is 317 g/mol. The first-order chi connectivity index (χ1) is 9.26. The molecule has 0 atom stereocenters. The molecule has 3 aromatic rings. The maximum Gasteiger partial charge on any atom is 0.160 e. The molecule has 2 heterocycles. The molecule has 0 aliphatic rings. The van der Waals surface area contributed by atoms with Gasteiger partial charge >= 0.3 is 0 Å². The summed E-state index contributed by atoms with van der Waals surface area (Å²) in [7, 11) is 1.67. The first-order valence-electron chi connectivity index (χ1n) is 5.88. The summed E-state index contributed by atoms with van der Waals surface area (Å²) in [5.41, 5.74) is 2.03. The number of methoxy groups -OCH3 is 1. The predicted molar refractivity (Wildman–Crippen MR) is 76.5 cm³/mol. The number of ether oxygens (including phenoxy) is 1. The van der Waals surface area contributed by atoms with E-state index < -0.39 is 0 Å². The topological polar surface area (TPSA) is 39.4 Å². The molecule has 4 nitrogen and oxygen atoms in total. The van der Waals surface area contributed by atoms with Crippen molar-refractivity contribution in [2.75, 3.05) is 7.11 Å². The summed E-state index contributed by atoms with van der Waals surface area (Å²) >= 11 is 3.46. The molecule has 0 amide bonds. The summed E-state index contributed by atoms with van der Waals surface area (Å²) in [5.74, 6) is 1.78. The molecule has 1 aromatic carbocycles. The smallest absolute Gasteiger partial charge is 0.160 e. The second-order valence-corrected chi connectivity index (χ2v) is 5.13. The van der Waals surface area contributed by atoms with E-state index in [2.05, 4.69) is 26.1 Å². The molecule has 0 saturated carbocycles. The second kappa shape index (κ2) is 5.01. The van der Waals surface area contributed by atoms with Crippen LogP contribution in [0.2, 0.25) is 0 Å². The Kier molecular flexibility index (Phi) is 3.21. The molecule has 5 heteroatoms. The number of benzene rings is 1. The van der Waals surface area contributed by atoms with Crippen LogP contribution in [0, 0.1) is 0 Å². The van der Waals surface area contributed by atoms with E-state index in [1.165, 1.54) is 5.56 Å². The Morgan fingerprint density at radius 2 is 1.89 bits per heavy atom. The van der Waals surface area contributed by atoms with Gasteiger partial charge in [0, 0.05) is 17.1 Å². The minimum Gasteiger partial charge on any atom is -0.497 e. The SMILES string of the molecule is COc1ccc(Cc2nnc3ccc(Br)cn23)cc1. The van der Waals surface area contributed by atoms with Crippen LogP contribution >= 0.6 is 15.9 Å². The molecule has 0 bridgehead atoms. The van der Waals surface area contributed by atoms with E-state index in [1.54, 1.807) is 7.11 Å². The van der Waals surface area contributed by atoms with Crippen molar-refractivity contribution < 1.29 is 4.74 Å². The van der Waals surface area contributed by atoms with Gasteiger partial charge < -0.3 is 4.74 Å². The lowest BCUT2D eigenvalue weighted by Crippen LogP contribution is -1.96. The molecular formula is C14H12BrN3O. The number of nitrogens with zero attached hydrogens (tertiary/aromatic N) is 3. The van der Waals surface area contributed by atoms with E-state index in [1.807, 2.05) is 47.0 Å². The second-order valence-electron chi connectivity index (χ2n) is 4.22. The third-order valence-corrected chi connectivity index (χ3v) is 3.43. The molecule has 19 heavy (non-hydrogen) atoms. The fraction of sp³-hybridized carbons (Fsp3) is 0.143. The molecule has 3 rings (SSSR count). The lowest BCUT2D eigenvalue weighted by molar-refractivity contribution is 0.414. The van der Waals surface area contributed by atoms with Crippen molar-refractivity contribution in [3.05, 3.63) is 58.5 Å². The number of halogens is 1. The van der Waals surface area contributed by atoms with Crippen molar-refractivity contribution >= 4 is 21.6 Å².